The van der Waals surface area contributed by atoms with E-state index in [-0.39, 0.29) is 11.7 Å². The van der Waals surface area contributed by atoms with Gasteiger partial charge in [-0.2, -0.15) is 0 Å². The van der Waals surface area contributed by atoms with Crippen LogP contribution < -0.4 is 5.32 Å². The Balaban J connectivity index is 2.14. The van der Waals surface area contributed by atoms with E-state index >= 15 is 0 Å². The van der Waals surface area contributed by atoms with Crippen LogP contribution in [0.25, 0.3) is 0 Å². The van der Waals surface area contributed by atoms with Gasteiger partial charge in [-0.1, -0.05) is 25.5 Å². The Kier molecular flexibility index (Phi) is 6.07. The summed E-state index contributed by atoms with van der Waals surface area (Å²) < 4.78 is 0. The third-order valence-electron chi connectivity index (χ3n) is 3.74. The van der Waals surface area contributed by atoms with Crippen molar-refractivity contribution in [1.82, 2.24) is 9.88 Å². The van der Waals surface area contributed by atoms with Gasteiger partial charge < -0.3 is 10.2 Å². The van der Waals surface area contributed by atoms with Crippen molar-refractivity contribution in [2.24, 2.45) is 0 Å². The van der Waals surface area contributed by atoms with Gasteiger partial charge in [0.15, 0.2) is 5.78 Å². The first-order valence-corrected chi connectivity index (χ1v) is 8.10. The van der Waals surface area contributed by atoms with Crippen molar-refractivity contribution < 1.29 is 9.59 Å². The number of anilines is 2. The van der Waals surface area contributed by atoms with Gasteiger partial charge >= 0.3 is 0 Å². The Morgan fingerprint density at radius 2 is 1.96 bits per heavy atom. The lowest BCUT2D eigenvalue weighted by Gasteiger charge is -2.17. The van der Waals surface area contributed by atoms with E-state index in [9.17, 15) is 9.59 Å². The number of hydrogen-bond acceptors (Lipinski definition) is 4. The topological polar surface area (TPSA) is 62.3 Å². The summed E-state index contributed by atoms with van der Waals surface area (Å²) in [5.74, 6) is 0.560. The van der Waals surface area contributed by atoms with Gasteiger partial charge in [-0.3, -0.25) is 9.59 Å². The SMILES string of the molecule is CCCCN(C)C(=O)c1ccnc(Nc2cccc(C(C)=O)c2)c1. The highest BCUT2D eigenvalue weighted by Crippen LogP contribution is 2.18. The zero-order valence-corrected chi connectivity index (χ0v) is 14.4. The Hall–Kier alpha value is -2.69. The van der Waals surface area contributed by atoms with Crippen LogP contribution in [-0.2, 0) is 0 Å². The van der Waals surface area contributed by atoms with Gasteiger partial charge in [0, 0.05) is 36.6 Å². The Bertz CT molecular complexity index is 728. The maximum absolute atomic E-state index is 12.4. The fraction of sp³-hybridized carbons (Fsp3) is 0.316. The van der Waals surface area contributed by atoms with E-state index < -0.39 is 0 Å². The molecule has 0 unspecified atom stereocenters. The molecule has 0 fully saturated rings. The molecule has 1 aromatic heterocycles. The number of aromatic nitrogens is 1. The fourth-order valence-electron chi connectivity index (χ4n) is 2.31. The van der Waals surface area contributed by atoms with Crippen LogP contribution in [0.3, 0.4) is 0 Å². The van der Waals surface area contributed by atoms with Crippen LogP contribution in [0, 0.1) is 0 Å². The van der Waals surface area contributed by atoms with Crippen molar-refractivity contribution in [1.29, 1.82) is 0 Å². The molecule has 0 atom stereocenters. The molecule has 5 heteroatoms. The summed E-state index contributed by atoms with van der Waals surface area (Å²) in [5, 5.41) is 3.14. The quantitative estimate of drug-likeness (QED) is 0.784. The largest absolute Gasteiger partial charge is 0.342 e. The van der Waals surface area contributed by atoms with E-state index in [4.69, 9.17) is 0 Å². The Morgan fingerprint density at radius 3 is 2.67 bits per heavy atom. The number of hydrogen-bond donors (Lipinski definition) is 1. The van der Waals surface area contributed by atoms with E-state index in [1.54, 1.807) is 35.4 Å². The average molecular weight is 325 g/mol. The minimum Gasteiger partial charge on any atom is -0.342 e. The molecule has 2 aromatic rings. The molecular weight excluding hydrogens is 302 g/mol. The summed E-state index contributed by atoms with van der Waals surface area (Å²) in [4.78, 5) is 29.9. The van der Waals surface area contributed by atoms with Gasteiger partial charge in [-0.15, -0.1) is 0 Å². The highest BCUT2D eigenvalue weighted by molar-refractivity contribution is 5.96. The molecule has 2 rings (SSSR count). The summed E-state index contributed by atoms with van der Waals surface area (Å²) in [6.45, 7) is 4.37. The molecule has 1 aromatic carbocycles. The highest BCUT2D eigenvalue weighted by Gasteiger charge is 2.12. The molecule has 5 nitrogen and oxygen atoms in total. The molecule has 0 saturated carbocycles. The molecule has 0 radical (unpaired) electrons. The smallest absolute Gasteiger partial charge is 0.253 e. The normalized spacial score (nSPS) is 10.3. The van der Waals surface area contributed by atoms with E-state index in [2.05, 4.69) is 17.2 Å². The average Bonchev–Trinajstić information content (AvgIpc) is 2.59. The van der Waals surface area contributed by atoms with E-state index in [1.807, 2.05) is 19.2 Å². The zero-order valence-electron chi connectivity index (χ0n) is 14.4. The molecule has 24 heavy (non-hydrogen) atoms. The third-order valence-corrected chi connectivity index (χ3v) is 3.74. The lowest BCUT2D eigenvalue weighted by molar-refractivity contribution is 0.0793. The molecule has 1 amide bonds. The zero-order chi connectivity index (χ0) is 17.5. The highest BCUT2D eigenvalue weighted by atomic mass is 16.2. The molecule has 126 valence electrons. The molecule has 0 aliphatic heterocycles. The second-order valence-electron chi connectivity index (χ2n) is 5.77. The predicted octanol–water partition coefficient (Wildman–Crippen LogP) is 3.90. The van der Waals surface area contributed by atoms with Crippen molar-refractivity contribution in [3.63, 3.8) is 0 Å². The molecule has 0 saturated heterocycles. The molecule has 0 bridgehead atoms. The van der Waals surface area contributed by atoms with Crippen LogP contribution in [0.1, 0.15) is 47.4 Å². The summed E-state index contributed by atoms with van der Waals surface area (Å²) >= 11 is 0. The summed E-state index contributed by atoms with van der Waals surface area (Å²) in [6.07, 6.45) is 3.64. The second-order valence-corrected chi connectivity index (χ2v) is 5.77. The van der Waals surface area contributed by atoms with Gasteiger partial charge in [-0.05, 0) is 37.6 Å². The number of nitrogens with one attached hydrogen (secondary N) is 1. The third kappa shape index (κ3) is 4.65. The molecule has 0 spiro atoms. The first-order valence-electron chi connectivity index (χ1n) is 8.10. The minimum absolute atomic E-state index is 0.00749. The number of carbonyl (C=O) groups excluding carboxylic acids is 2. The van der Waals surface area contributed by atoms with Crippen molar-refractivity contribution in [2.45, 2.75) is 26.7 Å². The monoisotopic (exact) mass is 325 g/mol. The summed E-state index contributed by atoms with van der Waals surface area (Å²) in [6, 6.07) is 10.6. The van der Waals surface area contributed by atoms with Crippen molar-refractivity contribution in [2.75, 3.05) is 18.9 Å². The lowest BCUT2D eigenvalue weighted by atomic mass is 10.1. The second kappa shape index (κ2) is 8.24. The van der Waals surface area contributed by atoms with Gasteiger partial charge in [0.25, 0.3) is 5.91 Å². The van der Waals surface area contributed by atoms with E-state index in [0.717, 1.165) is 25.1 Å². The molecule has 1 heterocycles. The first kappa shape index (κ1) is 17.7. The van der Waals surface area contributed by atoms with Crippen LogP contribution >= 0.6 is 0 Å². The standard InChI is InChI=1S/C19H23N3O2/c1-4-5-11-22(3)19(24)16-9-10-20-18(13-16)21-17-8-6-7-15(12-17)14(2)23/h6-10,12-13H,4-5,11H2,1-3H3,(H,20,21). The molecular formula is C19H23N3O2. The number of Topliss-reactive ketones (excluding diaryl/α,β-unsaturated/α-hetero) is 1. The summed E-state index contributed by atoms with van der Waals surface area (Å²) in [7, 11) is 1.81. The van der Waals surface area contributed by atoms with Crippen LogP contribution in [0.15, 0.2) is 42.6 Å². The predicted molar refractivity (Wildman–Crippen MR) is 95.8 cm³/mol. The first-order chi connectivity index (χ1) is 11.5. The van der Waals surface area contributed by atoms with Crippen molar-refractivity contribution >= 4 is 23.2 Å². The molecule has 1 N–H and O–H groups in total. The van der Waals surface area contributed by atoms with Crippen LogP contribution in [0.5, 0.6) is 0 Å². The van der Waals surface area contributed by atoms with Crippen LogP contribution in [0.4, 0.5) is 11.5 Å². The number of pyridine rings is 1. The van der Waals surface area contributed by atoms with E-state index in [1.165, 1.54) is 6.92 Å². The fourth-order valence-corrected chi connectivity index (χ4v) is 2.31. The van der Waals surface area contributed by atoms with Gasteiger partial charge in [0.2, 0.25) is 0 Å². The van der Waals surface area contributed by atoms with Gasteiger partial charge in [0.1, 0.15) is 5.82 Å². The molecule has 0 aliphatic carbocycles. The number of nitrogens with zero attached hydrogens (tertiary/aromatic N) is 2. The maximum atomic E-state index is 12.4. The van der Waals surface area contributed by atoms with Crippen molar-refractivity contribution in [3.8, 4) is 0 Å². The summed E-state index contributed by atoms with van der Waals surface area (Å²) in [5.41, 5.74) is 1.99. The Labute approximate surface area is 142 Å². The molecule has 0 aliphatic rings. The number of ketones is 1. The van der Waals surface area contributed by atoms with Crippen LogP contribution in [0.2, 0.25) is 0 Å². The number of rotatable bonds is 7. The number of carbonyl (C=O) groups is 2. The van der Waals surface area contributed by atoms with Gasteiger partial charge in [-0.25, -0.2) is 4.98 Å². The lowest BCUT2D eigenvalue weighted by Crippen LogP contribution is -2.27. The van der Waals surface area contributed by atoms with Gasteiger partial charge in [0.05, 0.1) is 0 Å². The van der Waals surface area contributed by atoms with Crippen molar-refractivity contribution in [3.05, 3.63) is 53.7 Å². The van der Waals surface area contributed by atoms with E-state index in [0.29, 0.717) is 16.9 Å². The number of amides is 1. The number of unbranched alkanes of at least 4 members (excludes halogenated alkanes) is 1. The Morgan fingerprint density at radius 1 is 1.17 bits per heavy atom. The maximum Gasteiger partial charge on any atom is 0.253 e. The number of benzene rings is 1. The minimum atomic E-state index is -0.0219. The van der Waals surface area contributed by atoms with Crippen LogP contribution in [-0.4, -0.2) is 35.2 Å².